The highest BCUT2D eigenvalue weighted by molar-refractivity contribution is 5.64. The lowest BCUT2D eigenvalue weighted by molar-refractivity contribution is -0.137. The number of nitrogens with zero attached hydrogens (tertiary/aromatic N) is 5. The van der Waals surface area contributed by atoms with Gasteiger partial charge in [-0.05, 0) is 36.8 Å². The summed E-state index contributed by atoms with van der Waals surface area (Å²) in [6.45, 7) is 2.09. The van der Waals surface area contributed by atoms with Crippen molar-refractivity contribution in [1.29, 1.82) is 0 Å². The van der Waals surface area contributed by atoms with Crippen LogP contribution >= 0.6 is 0 Å². The standard InChI is InChI=1S/C17H16F3N7O2/c1-10-6-12(13-9-27(26-25-13)4-5-29-16(21)28)23-15(7-10)24-14-8-11(2-3-22-14)17(18,19)20/h2-3,6-9H,4-5H2,1H3,(H2,21,28)(H,22,23,24). The topological polar surface area (TPSA) is 121 Å². The van der Waals surface area contributed by atoms with Gasteiger partial charge in [0.15, 0.2) is 0 Å². The van der Waals surface area contributed by atoms with Crippen LogP contribution < -0.4 is 11.1 Å². The number of hydrogen-bond acceptors (Lipinski definition) is 7. The molecule has 0 bridgehead atoms. The van der Waals surface area contributed by atoms with E-state index in [9.17, 15) is 18.0 Å². The van der Waals surface area contributed by atoms with E-state index in [0.717, 1.165) is 23.9 Å². The number of halogens is 3. The van der Waals surface area contributed by atoms with Gasteiger partial charge in [-0.15, -0.1) is 5.10 Å². The molecule has 0 aromatic carbocycles. The molecule has 0 radical (unpaired) electrons. The largest absolute Gasteiger partial charge is 0.448 e. The van der Waals surface area contributed by atoms with E-state index in [1.165, 1.54) is 4.68 Å². The first-order valence-corrected chi connectivity index (χ1v) is 8.32. The molecule has 0 atom stereocenters. The van der Waals surface area contributed by atoms with Gasteiger partial charge < -0.3 is 15.8 Å². The lowest BCUT2D eigenvalue weighted by atomic mass is 10.2. The molecule has 152 valence electrons. The van der Waals surface area contributed by atoms with Gasteiger partial charge in [0, 0.05) is 6.20 Å². The van der Waals surface area contributed by atoms with Crippen molar-refractivity contribution < 1.29 is 22.7 Å². The molecular weight excluding hydrogens is 391 g/mol. The summed E-state index contributed by atoms with van der Waals surface area (Å²) in [6, 6.07) is 5.20. The van der Waals surface area contributed by atoms with Crippen LogP contribution in [0.15, 0.2) is 36.7 Å². The van der Waals surface area contributed by atoms with Gasteiger partial charge in [0.1, 0.15) is 23.9 Å². The normalized spacial score (nSPS) is 11.3. The van der Waals surface area contributed by atoms with Crippen LogP contribution in [0.3, 0.4) is 0 Å². The summed E-state index contributed by atoms with van der Waals surface area (Å²) in [5, 5.41) is 10.7. The van der Waals surface area contributed by atoms with Crippen LogP contribution in [0.2, 0.25) is 0 Å². The molecule has 0 saturated heterocycles. The van der Waals surface area contributed by atoms with E-state index in [2.05, 4.69) is 30.3 Å². The van der Waals surface area contributed by atoms with E-state index in [1.54, 1.807) is 25.3 Å². The Morgan fingerprint density at radius 1 is 1.24 bits per heavy atom. The smallest absolute Gasteiger partial charge is 0.416 e. The van der Waals surface area contributed by atoms with Crippen LogP contribution in [0.5, 0.6) is 0 Å². The molecule has 0 unspecified atom stereocenters. The van der Waals surface area contributed by atoms with Gasteiger partial charge in [-0.3, -0.25) is 0 Å². The van der Waals surface area contributed by atoms with Gasteiger partial charge >= 0.3 is 12.3 Å². The Kier molecular flexibility index (Phi) is 5.61. The lowest BCUT2D eigenvalue weighted by Gasteiger charge is -2.10. The number of aromatic nitrogens is 5. The summed E-state index contributed by atoms with van der Waals surface area (Å²) < 4.78 is 44.7. The van der Waals surface area contributed by atoms with Crippen LogP contribution in [0.25, 0.3) is 11.4 Å². The number of aryl methyl sites for hydroxylation is 1. The molecule has 0 spiro atoms. The first-order chi connectivity index (χ1) is 13.7. The minimum absolute atomic E-state index is 0.0103. The fourth-order valence-electron chi connectivity index (χ4n) is 2.43. The number of amides is 1. The summed E-state index contributed by atoms with van der Waals surface area (Å²) in [5.41, 5.74) is 5.78. The van der Waals surface area contributed by atoms with Gasteiger partial charge in [0.05, 0.1) is 24.0 Å². The third-order valence-electron chi connectivity index (χ3n) is 3.68. The predicted molar refractivity (Wildman–Crippen MR) is 96.0 cm³/mol. The number of nitrogens with two attached hydrogens (primary N) is 1. The first kappa shape index (κ1) is 20.0. The number of hydrogen-bond donors (Lipinski definition) is 2. The second kappa shape index (κ2) is 8.12. The van der Waals surface area contributed by atoms with E-state index in [0.29, 0.717) is 17.2 Å². The number of anilines is 2. The molecule has 3 N–H and O–H groups in total. The number of alkyl halides is 3. The van der Waals surface area contributed by atoms with Crippen molar-refractivity contribution >= 4 is 17.7 Å². The molecule has 1 amide bonds. The zero-order valence-corrected chi connectivity index (χ0v) is 15.1. The maximum absolute atomic E-state index is 12.9. The van der Waals surface area contributed by atoms with E-state index in [4.69, 9.17) is 5.73 Å². The molecule has 3 aromatic rings. The Hall–Kier alpha value is -3.70. The fourth-order valence-corrected chi connectivity index (χ4v) is 2.43. The van der Waals surface area contributed by atoms with Gasteiger partial charge in [-0.1, -0.05) is 5.21 Å². The van der Waals surface area contributed by atoms with Crippen molar-refractivity contribution in [2.75, 3.05) is 11.9 Å². The minimum atomic E-state index is -4.47. The summed E-state index contributed by atoms with van der Waals surface area (Å²) in [7, 11) is 0. The summed E-state index contributed by atoms with van der Waals surface area (Å²) in [4.78, 5) is 18.8. The molecule has 0 fully saturated rings. The van der Waals surface area contributed by atoms with Crippen LogP contribution in [0, 0.1) is 6.92 Å². The highest BCUT2D eigenvalue weighted by atomic mass is 19.4. The number of nitrogens with one attached hydrogen (secondary N) is 1. The summed E-state index contributed by atoms with van der Waals surface area (Å²) in [5.74, 6) is 0.314. The highest BCUT2D eigenvalue weighted by Crippen LogP contribution is 2.30. The quantitative estimate of drug-likeness (QED) is 0.644. The number of primary amides is 1. The predicted octanol–water partition coefficient (Wildman–Crippen LogP) is 2.90. The molecule has 0 aliphatic carbocycles. The van der Waals surface area contributed by atoms with Crippen LogP contribution in [-0.2, 0) is 17.5 Å². The summed E-state index contributed by atoms with van der Waals surface area (Å²) >= 11 is 0. The second-order valence-electron chi connectivity index (χ2n) is 6.00. The van der Waals surface area contributed by atoms with Gasteiger partial charge in [0.2, 0.25) is 0 Å². The third-order valence-corrected chi connectivity index (χ3v) is 3.68. The zero-order chi connectivity index (χ0) is 21.0. The fraction of sp³-hybridized carbons (Fsp3) is 0.235. The SMILES string of the molecule is Cc1cc(Nc2cc(C(F)(F)F)ccn2)nc(-c2cn(CCOC(N)=O)nn2)c1. The molecule has 3 aromatic heterocycles. The summed E-state index contributed by atoms with van der Waals surface area (Å²) in [6.07, 6.45) is -2.69. The van der Waals surface area contributed by atoms with E-state index in [-0.39, 0.29) is 19.0 Å². The number of carbonyl (C=O) groups excluding carboxylic acids is 1. The molecule has 0 aliphatic rings. The van der Waals surface area contributed by atoms with Crippen molar-refractivity contribution in [1.82, 2.24) is 25.0 Å². The molecule has 3 rings (SSSR count). The molecule has 12 heteroatoms. The molecule has 3 heterocycles. The van der Waals surface area contributed by atoms with Crippen LogP contribution in [-0.4, -0.2) is 37.7 Å². The molecule has 0 aliphatic heterocycles. The average Bonchev–Trinajstić information content (AvgIpc) is 3.09. The Labute approximate surface area is 162 Å². The molecular formula is C17H16F3N7O2. The Morgan fingerprint density at radius 3 is 2.76 bits per heavy atom. The van der Waals surface area contributed by atoms with E-state index >= 15 is 0 Å². The maximum atomic E-state index is 12.9. The van der Waals surface area contributed by atoms with E-state index < -0.39 is 17.8 Å². The monoisotopic (exact) mass is 407 g/mol. The Bertz CT molecular complexity index is 1020. The number of rotatable bonds is 6. The molecule has 29 heavy (non-hydrogen) atoms. The van der Waals surface area contributed by atoms with Crippen molar-refractivity contribution in [3.8, 4) is 11.4 Å². The molecule has 0 saturated carbocycles. The molecule has 9 nitrogen and oxygen atoms in total. The number of carbonyl (C=O) groups is 1. The zero-order valence-electron chi connectivity index (χ0n) is 15.1. The van der Waals surface area contributed by atoms with Crippen molar-refractivity contribution in [3.05, 3.63) is 47.8 Å². The van der Waals surface area contributed by atoms with Crippen molar-refractivity contribution in [2.45, 2.75) is 19.6 Å². The van der Waals surface area contributed by atoms with Crippen LogP contribution in [0.1, 0.15) is 11.1 Å². The lowest BCUT2D eigenvalue weighted by Crippen LogP contribution is -2.16. The van der Waals surface area contributed by atoms with Gasteiger partial charge in [0.25, 0.3) is 0 Å². The first-order valence-electron chi connectivity index (χ1n) is 8.32. The van der Waals surface area contributed by atoms with Gasteiger partial charge in [-0.2, -0.15) is 13.2 Å². The van der Waals surface area contributed by atoms with Crippen molar-refractivity contribution in [2.24, 2.45) is 5.73 Å². The Morgan fingerprint density at radius 2 is 2.03 bits per heavy atom. The van der Waals surface area contributed by atoms with Gasteiger partial charge in [-0.25, -0.2) is 19.4 Å². The highest BCUT2D eigenvalue weighted by Gasteiger charge is 2.30. The van der Waals surface area contributed by atoms with E-state index in [1.807, 2.05) is 0 Å². The number of pyridine rings is 2. The second-order valence-corrected chi connectivity index (χ2v) is 6.00. The maximum Gasteiger partial charge on any atom is 0.416 e. The van der Waals surface area contributed by atoms with Crippen molar-refractivity contribution in [3.63, 3.8) is 0 Å². The Balaban J connectivity index is 1.79. The number of ether oxygens (including phenoxy) is 1. The van der Waals surface area contributed by atoms with Crippen LogP contribution in [0.4, 0.5) is 29.6 Å². The average molecular weight is 407 g/mol. The minimum Gasteiger partial charge on any atom is -0.448 e. The third kappa shape index (κ3) is 5.40.